The second kappa shape index (κ2) is 7.40. The van der Waals surface area contributed by atoms with E-state index in [-0.39, 0.29) is 11.0 Å². The second-order valence-electron chi connectivity index (χ2n) is 5.81. The van der Waals surface area contributed by atoms with Gasteiger partial charge in [0.2, 0.25) is 0 Å². The Morgan fingerprint density at radius 2 is 2.17 bits per heavy atom. The van der Waals surface area contributed by atoms with Gasteiger partial charge in [-0.25, -0.2) is 4.98 Å². The van der Waals surface area contributed by atoms with Crippen molar-refractivity contribution in [1.29, 1.82) is 0 Å². The van der Waals surface area contributed by atoms with Crippen molar-refractivity contribution in [2.45, 2.75) is 42.7 Å². The maximum atomic E-state index is 12.8. The zero-order chi connectivity index (χ0) is 17.1. The lowest BCUT2D eigenvalue weighted by molar-refractivity contribution is 0.0995. The lowest BCUT2D eigenvalue weighted by atomic mass is 10.1. The quantitative estimate of drug-likeness (QED) is 0.450. The Morgan fingerprint density at radius 3 is 2.96 bits per heavy atom. The number of nitrogens with one attached hydrogen (secondary N) is 2. The molecule has 2 heterocycles. The number of fused-ring (bicyclic) bond motifs is 1. The molecule has 0 amide bonds. The maximum absolute atomic E-state index is 12.8. The molecular weight excluding hydrogens is 338 g/mol. The average molecular weight is 360 g/mol. The molecule has 24 heavy (non-hydrogen) atoms. The Labute approximate surface area is 150 Å². The molecule has 0 bridgehead atoms. The van der Waals surface area contributed by atoms with Crippen LogP contribution < -0.4 is 5.32 Å². The summed E-state index contributed by atoms with van der Waals surface area (Å²) in [5, 5.41) is 5.12. The zero-order valence-electron chi connectivity index (χ0n) is 14.0. The van der Waals surface area contributed by atoms with E-state index in [1.165, 1.54) is 0 Å². The number of aromatic amines is 1. The Morgan fingerprint density at radius 1 is 1.38 bits per heavy atom. The molecule has 6 heteroatoms. The van der Waals surface area contributed by atoms with E-state index in [0.717, 1.165) is 32.2 Å². The van der Waals surface area contributed by atoms with Crippen LogP contribution in [0, 0.1) is 0 Å². The minimum Gasteiger partial charge on any atom is -0.360 e. The number of rotatable bonds is 7. The number of hydrogen-bond donors (Lipinski definition) is 2. The van der Waals surface area contributed by atoms with Crippen molar-refractivity contribution in [3.8, 4) is 0 Å². The number of anilines is 1. The fraction of sp³-hybridized carbons (Fsp3) is 0.333. The van der Waals surface area contributed by atoms with Crippen LogP contribution in [0.5, 0.6) is 0 Å². The molecule has 2 atom stereocenters. The molecule has 0 saturated carbocycles. The molecule has 0 aliphatic heterocycles. The first-order valence-corrected chi connectivity index (χ1v) is 9.77. The summed E-state index contributed by atoms with van der Waals surface area (Å²) in [7, 11) is 0. The third-order valence-corrected chi connectivity index (χ3v) is 6.15. The lowest BCUT2D eigenvalue weighted by Gasteiger charge is -2.09. The Kier molecular flexibility index (Phi) is 5.26. The number of carbonyl (C=O) groups is 1. The molecule has 0 fully saturated rings. The topological polar surface area (TPSA) is 57.8 Å². The number of aromatic nitrogens is 2. The minimum atomic E-state index is -0.152. The first-order chi connectivity index (χ1) is 11.6. The summed E-state index contributed by atoms with van der Waals surface area (Å²) in [6, 6.07) is 8.30. The molecule has 0 aliphatic rings. The number of carbonyl (C=O) groups excluding carboxylic acids is 1. The van der Waals surface area contributed by atoms with E-state index in [4.69, 9.17) is 0 Å². The first-order valence-electron chi connectivity index (χ1n) is 8.07. The first kappa shape index (κ1) is 17.0. The second-order valence-corrected chi connectivity index (χ2v) is 8.48. The van der Waals surface area contributed by atoms with Gasteiger partial charge in [-0.05, 0) is 26.3 Å². The average Bonchev–Trinajstić information content (AvgIpc) is 3.20. The number of para-hydroxylation sites is 1. The highest BCUT2D eigenvalue weighted by molar-refractivity contribution is 8.02. The Bertz CT molecular complexity index is 840. The molecule has 2 N–H and O–H groups in total. The van der Waals surface area contributed by atoms with Crippen molar-refractivity contribution in [3.05, 3.63) is 42.2 Å². The number of thiazole rings is 1. The third kappa shape index (κ3) is 3.65. The van der Waals surface area contributed by atoms with Gasteiger partial charge in [-0.1, -0.05) is 36.5 Å². The molecule has 0 spiro atoms. The van der Waals surface area contributed by atoms with Crippen molar-refractivity contribution >= 4 is 44.9 Å². The largest absolute Gasteiger partial charge is 0.360 e. The fourth-order valence-corrected chi connectivity index (χ4v) is 4.64. The van der Waals surface area contributed by atoms with Crippen LogP contribution in [0.4, 0.5) is 5.13 Å². The zero-order valence-corrected chi connectivity index (χ0v) is 15.6. The van der Waals surface area contributed by atoms with E-state index in [9.17, 15) is 4.79 Å². The normalized spacial score (nSPS) is 13.8. The van der Waals surface area contributed by atoms with Gasteiger partial charge in [0.05, 0.1) is 15.7 Å². The van der Waals surface area contributed by atoms with Gasteiger partial charge in [0.15, 0.2) is 10.9 Å². The molecule has 4 nitrogen and oxygen atoms in total. The monoisotopic (exact) mass is 359 g/mol. The highest BCUT2D eigenvalue weighted by Crippen LogP contribution is 2.33. The maximum Gasteiger partial charge on any atom is 0.183 e. The number of thioether (sulfide) groups is 1. The van der Waals surface area contributed by atoms with Crippen molar-refractivity contribution in [3.63, 3.8) is 0 Å². The Balaban J connectivity index is 1.70. The highest BCUT2D eigenvalue weighted by atomic mass is 32.2. The number of H-pyrrole nitrogens is 1. The van der Waals surface area contributed by atoms with E-state index in [1.807, 2.05) is 43.6 Å². The van der Waals surface area contributed by atoms with E-state index in [0.29, 0.717) is 6.04 Å². The van der Waals surface area contributed by atoms with Gasteiger partial charge >= 0.3 is 0 Å². The molecule has 0 saturated heterocycles. The SMILES string of the molecule is CCC(C)Nc1ncc(SC(C)C(=O)c2c[nH]c3ccccc23)s1. The van der Waals surface area contributed by atoms with E-state index in [1.54, 1.807) is 23.1 Å². The van der Waals surface area contributed by atoms with Gasteiger partial charge in [-0.15, -0.1) is 11.8 Å². The summed E-state index contributed by atoms with van der Waals surface area (Å²) in [6.07, 6.45) is 4.71. The molecule has 3 aromatic rings. The van der Waals surface area contributed by atoms with Crippen molar-refractivity contribution < 1.29 is 4.79 Å². The summed E-state index contributed by atoms with van der Waals surface area (Å²) in [5.74, 6) is 0.141. The van der Waals surface area contributed by atoms with Crippen LogP contribution in [-0.2, 0) is 0 Å². The predicted octanol–water partition coefficient (Wildman–Crippen LogP) is 5.20. The summed E-state index contributed by atoms with van der Waals surface area (Å²) in [4.78, 5) is 20.4. The number of Topliss-reactive ketones (excluding diaryl/α,β-unsaturated/α-hetero) is 1. The molecular formula is C18H21N3OS2. The van der Waals surface area contributed by atoms with Gasteiger partial charge in [-0.2, -0.15) is 0 Å². The van der Waals surface area contributed by atoms with Gasteiger partial charge in [0.25, 0.3) is 0 Å². The van der Waals surface area contributed by atoms with Crippen molar-refractivity contribution in [2.24, 2.45) is 0 Å². The van der Waals surface area contributed by atoms with Crippen LogP contribution in [-0.4, -0.2) is 27.0 Å². The summed E-state index contributed by atoms with van der Waals surface area (Å²) < 4.78 is 1.06. The number of nitrogens with zero attached hydrogens (tertiary/aromatic N) is 1. The summed E-state index contributed by atoms with van der Waals surface area (Å²) in [6.45, 7) is 6.23. The molecule has 0 radical (unpaired) electrons. The van der Waals surface area contributed by atoms with Crippen LogP contribution in [0.1, 0.15) is 37.6 Å². The van der Waals surface area contributed by atoms with Gasteiger partial charge in [0.1, 0.15) is 0 Å². The number of ketones is 1. The molecule has 3 rings (SSSR count). The molecule has 2 aromatic heterocycles. The van der Waals surface area contributed by atoms with Crippen molar-refractivity contribution in [2.75, 3.05) is 5.32 Å². The van der Waals surface area contributed by atoms with E-state index in [2.05, 4.69) is 29.1 Å². The van der Waals surface area contributed by atoms with Crippen LogP contribution in [0.3, 0.4) is 0 Å². The molecule has 1 aromatic carbocycles. The van der Waals surface area contributed by atoms with Gasteiger partial charge in [0, 0.05) is 28.7 Å². The van der Waals surface area contributed by atoms with Crippen LogP contribution in [0.2, 0.25) is 0 Å². The van der Waals surface area contributed by atoms with Crippen LogP contribution in [0.15, 0.2) is 40.9 Å². The summed E-state index contributed by atoms with van der Waals surface area (Å²) >= 11 is 3.17. The van der Waals surface area contributed by atoms with Gasteiger partial charge < -0.3 is 10.3 Å². The minimum absolute atomic E-state index is 0.141. The fourth-order valence-electron chi connectivity index (χ4n) is 2.42. The number of hydrogen-bond acceptors (Lipinski definition) is 5. The molecule has 126 valence electrons. The lowest BCUT2D eigenvalue weighted by Crippen LogP contribution is -2.13. The predicted molar refractivity (Wildman–Crippen MR) is 103 cm³/mol. The standard InChI is InChI=1S/C18H21N3OS2/c1-4-11(2)21-18-20-10-16(24-18)23-12(3)17(22)14-9-19-15-8-6-5-7-13(14)15/h5-12,19H,4H2,1-3H3,(H,20,21). The smallest absolute Gasteiger partial charge is 0.183 e. The van der Waals surface area contributed by atoms with Gasteiger partial charge in [-0.3, -0.25) is 4.79 Å². The molecule has 2 unspecified atom stereocenters. The summed E-state index contributed by atoms with van der Waals surface area (Å²) in [5.41, 5.74) is 1.75. The van der Waals surface area contributed by atoms with E-state index >= 15 is 0 Å². The Hall–Kier alpha value is -1.79. The van der Waals surface area contributed by atoms with Crippen LogP contribution >= 0.6 is 23.1 Å². The van der Waals surface area contributed by atoms with E-state index < -0.39 is 0 Å². The molecule has 0 aliphatic carbocycles. The highest BCUT2D eigenvalue weighted by Gasteiger charge is 2.20. The van der Waals surface area contributed by atoms with Crippen LogP contribution in [0.25, 0.3) is 10.9 Å². The third-order valence-electron chi connectivity index (χ3n) is 3.98. The number of benzene rings is 1. The van der Waals surface area contributed by atoms with Crippen molar-refractivity contribution in [1.82, 2.24) is 9.97 Å².